The van der Waals surface area contributed by atoms with Crippen LogP contribution >= 0.6 is 12.2 Å². The summed E-state index contributed by atoms with van der Waals surface area (Å²) in [6.07, 6.45) is -1.26. The number of nitrogens with zero attached hydrogens (tertiary/aromatic N) is 2. The van der Waals surface area contributed by atoms with E-state index < -0.39 is 12.8 Å². The van der Waals surface area contributed by atoms with Crippen molar-refractivity contribution in [2.24, 2.45) is 5.73 Å². The van der Waals surface area contributed by atoms with Gasteiger partial charge >= 0.3 is 6.18 Å². The Kier molecular flexibility index (Phi) is 4.25. The monoisotopic (exact) mass is 253 g/mol. The maximum Gasteiger partial charge on any atom is 0.411 e. The molecule has 1 rings (SSSR count). The second-order valence-corrected chi connectivity index (χ2v) is 3.42. The molecule has 0 bridgehead atoms. The standard InChI is InChI=1S/C8H10F3N3OS/c9-8(10,11)5-15-4-3-14-2-1-13-7(14)6(12)16/h1-2H,3-5H2,(H2,12,16). The molecule has 0 aliphatic rings. The second kappa shape index (κ2) is 5.26. The van der Waals surface area contributed by atoms with Crippen molar-refractivity contribution in [3.05, 3.63) is 18.2 Å². The average molecular weight is 253 g/mol. The third-order valence-corrected chi connectivity index (χ3v) is 1.86. The van der Waals surface area contributed by atoms with Crippen molar-refractivity contribution >= 4 is 17.2 Å². The summed E-state index contributed by atoms with van der Waals surface area (Å²) in [6, 6.07) is 0. The molecule has 0 aliphatic carbocycles. The molecule has 8 heteroatoms. The molecule has 0 amide bonds. The Bertz CT molecular complexity index is 364. The van der Waals surface area contributed by atoms with Gasteiger partial charge in [-0.05, 0) is 0 Å². The van der Waals surface area contributed by atoms with Crippen LogP contribution in [0.2, 0.25) is 0 Å². The van der Waals surface area contributed by atoms with Crippen LogP contribution in [0, 0.1) is 0 Å². The van der Waals surface area contributed by atoms with Gasteiger partial charge in [0.15, 0.2) is 5.82 Å². The predicted molar refractivity (Wildman–Crippen MR) is 55.0 cm³/mol. The molecule has 1 aromatic heterocycles. The Morgan fingerprint density at radius 2 is 2.25 bits per heavy atom. The third kappa shape index (κ3) is 4.15. The first-order valence-corrected chi connectivity index (χ1v) is 4.76. The molecule has 90 valence electrons. The fourth-order valence-electron chi connectivity index (χ4n) is 1.07. The lowest BCUT2D eigenvalue weighted by Gasteiger charge is -2.09. The van der Waals surface area contributed by atoms with Crippen LogP contribution in [0.15, 0.2) is 12.4 Å². The molecule has 0 radical (unpaired) electrons. The predicted octanol–water partition coefficient (Wildman–Crippen LogP) is 1.10. The van der Waals surface area contributed by atoms with Crippen molar-refractivity contribution < 1.29 is 17.9 Å². The molecule has 2 N–H and O–H groups in total. The number of ether oxygens (including phenoxy) is 1. The van der Waals surface area contributed by atoms with E-state index in [1.807, 2.05) is 0 Å². The van der Waals surface area contributed by atoms with Crippen molar-refractivity contribution in [3.8, 4) is 0 Å². The molecule has 0 aromatic carbocycles. The first kappa shape index (κ1) is 12.9. The number of rotatable bonds is 5. The van der Waals surface area contributed by atoms with Gasteiger partial charge < -0.3 is 15.0 Å². The number of nitrogens with two attached hydrogens (primary N) is 1. The van der Waals surface area contributed by atoms with Crippen LogP contribution in [0.25, 0.3) is 0 Å². The maximum atomic E-state index is 11.7. The minimum absolute atomic E-state index is 0.0779. The van der Waals surface area contributed by atoms with Gasteiger partial charge in [0.25, 0.3) is 0 Å². The summed E-state index contributed by atoms with van der Waals surface area (Å²) >= 11 is 4.71. The molecular weight excluding hydrogens is 243 g/mol. The van der Waals surface area contributed by atoms with Crippen LogP contribution in [0.5, 0.6) is 0 Å². The Morgan fingerprint density at radius 1 is 1.56 bits per heavy atom. The van der Waals surface area contributed by atoms with Gasteiger partial charge in [-0.1, -0.05) is 12.2 Å². The largest absolute Gasteiger partial charge is 0.411 e. The minimum atomic E-state index is -4.30. The molecule has 0 unspecified atom stereocenters. The summed E-state index contributed by atoms with van der Waals surface area (Å²) in [4.78, 5) is 3.96. The van der Waals surface area contributed by atoms with Crippen LogP contribution in [-0.2, 0) is 11.3 Å². The van der Waals surface area contributed by atoms with Crippen molar-refractivity contribution in [3.63, 3.8) is 0 Å². The molecule has 1 aromatic rings. The number of thiocarbonyl (C=S) groups is 1. The summed E-state index contributed by atoms with van der Waals surface area (Å²) in [5.74, 6) is 0.366. The van der Waals surface area contributed by atoms with Crippen molar-refractivity contribution in [2.75, 3.05) is 13.2 Å². The Labute approximate surface area is 95.2 Å². The lowest BCUT2D eigenvalue weighted by Crippen LogP contribution is -2.21. The fourth-order valence-corrected chi connectivity index (χ4v) is 1.24. The highest BCUT2D eigenvalue weighted by Gasteiger charge is 2.27. The normalized spacial score (nSPS) is 11.7. The van der Waals surface area contributed by atoms with E-state index in [2.05, 4.69) is 9.72 Å². The number of halogens is 3. The van der Waals surface area contributed by atoms with Gasteiger partial charge in [0, 0.05) is 18.9 Å². The maximum absolute atomic E-state index is 11.7. The first-order chi connectivity index (χ1) is 7.40. The molecule has 1 heterocycles. The van der Waals surface area contributed by atoms with E-state index >= 15 is 0 Å². The van der Waals surface area contributed by atoms with Gasteiger partial charge in [0.2, 0.25) is 0 Å². The zero-order valence-electron chi connectivity index (χ0n) is 8.20. The van der Waals surface area contributed by atoms with E-state index in [1.54, 1.807) is 10.8 Å². The first-order valence-electron chi connectivity index (χ1n) is 4.35. The summed E-state index contributed by atoms with van der Waals surface area (Å²) in [5, 5.41) is 0. The summed E-state index contributed by atoms with van der Waals surface area (Å²) in [5.41, 5.74) is 5.36. The summed E-state index contributed by atoms with van der Waals surface area (Å²) in [6.45, 7) is -1.11. The number of hydrogen-bond acceptors (Lipinski definition) is 3. The van der Waals surface area contributed by atoms with Crippen molar-refractivity contribution in [2.45, 2.75) is 12.7 Å². The van der Waals surface area contributed by atoms with Gasteiger partial charge in [0.05, 0.1) is 6.61 Å². The fraction of sp³-hybridized carbons (Fsp3) is 0.500. The molecule has 0 aliphatic heterocycles. The van der Waals surface area contributed by atoms with E-state index in [0.29, 0.717) is 5.82 Å². The third-order valence-electron chi connectivity index (χ3n) is 1.68. The Morgan fingerprint density at radius 3 is 2.81 bits per heavy atom. The van der Waals surface area contributed by atoms with Gasteiger partial charge in [0.1, 0.15) is 11.6 Å². The molecule has 4 nitrogen and oxygen atoms in total. The number of imidazole rings is 1. The van der Waals surface area contributed by atoms with Gasteiger partial charge in [-0.2, -0.15) is 13.2 Å². The van der Waals surface area contributed by atoms with E-state index in [-0.39, 0.29) is 18.1 Å². The van der Waals surface area contributed by atoms with Crippen LogP contribution in [-0.4, -0.2) is 33.9 Å². The topological polar surface area (TPSA) is 53.1 Å². The zero-order chi connectivity index (χ0) is 12.2. The minimum Gasteiger partial charge on any atom is -0.387 e. The summed E-state index contributed by atoms with van der Waals surface area (Å²) in [7, 11) is 0. The second-order valence-electron chi connectivity index (χ2n) is 2.98. The quantitative estimate of drug-likeness (QED) is 0.630. The highest BCUT2D eigenvalue weighted by molar-refractivity contribution is 7.80. The van der Waals surface area contributed by atoms with Crippen molar-refractivity contribution in [1.29, 1.82) is 0 Å². The molecule has 0 saturated carbocycles. The molecule has 0 fully saturated rings. The van der Waals surface area contributed by atoms with Crippen LogP contribution in [0.3, 0.4) is 0 Å². The lowest BCUT2D eigenvalue weighted by atomic mass is 10.5. The zero-order valence-corrected chi connectivity index (χ0v) is 9.01. The molecule has 0 saturated heterocycles. The van der Waals surface area contributed by atoms with Crippen molar-refractivity contribution in [1.82, 2.24) is 9.55 Å². The number of alkyl halides is 3. The van der Waals surface area contributed by atoms with E-state index in [9.17, 15) is 13.2 Å². The van der Waals surface area contributed by atoms with E-state index in [0.717, 1.165) is 0 Å². The highest BCUT2D eigenvalue weighted by Crippen LogP contribution is 2.14. The molecule has 16 heavy (non-hydrogen) atoms. The molecular formula is C8H10F3N3OS. The van der Waals surface area contributed by atoms with Gasteiger partial charge in [-0.25, -0.2) is 4.98 Å². The van der Waals surface area contributed by atoms with Gasteiger partial charge in [-0.3, -0.25) is 0 Å². The molecule has 0 spiro atoms. The van der Waals surface area contributed by atoms with E-state index in [4.69, 9.17) is 18.0 Å². The molecule has 0 atom stereocenters. The van der Waals surface area contributed by atoms with Crippen LogP contribution in [0.4, 0.5) is 13.2 Å². The van der Waals surface area contributed by atoms with Crippen LogP contribution < -0.4 is 5.73 Å². The van der Waals surface area contributed by atoms with E-state index in [1.165, 1.54) is 6.20 Å². The Hall–Kier alpha value is -1.15. The number of hydrogen-bond donors (Lipinski definition) is 1. The number of aromatic nitrogens is 2. The smallest absolute Gasteiger partial charge is 0.387 e. The average Bonchev–Trinajstić information content (AvgIpc) is 2.58. The SMILES string of the molecule is NC(=S)c1nccn1CCOCC(F)(F)F. The highest BCUT2D eigenvalue weighted by atomic mass is 32.1. The summed E-state index contributed by atoms with van der Waals surface area (Å²) < 4.78 is 41.2. The van der Waals surface area contributed by atoms with Crippen LogP contribution in [0.1, 0.15) is 5.82 Å². The Balaban J connectivity index is 2.38. The lowest BCUT2D eigenvalue weighted by molar-refractivity contribution is -0.174. The van der Waals surface area contributed by atoms with Gasteiger partial charge in [-0.15, -0.1) is 0 Å².